The summed E-state index contributed by atoms with van der Waals surface area (Å²) in [7, 11) is 0.308. The topological polar surface area (TPSA) is 49.9 Å². The lowest BCUT2D eigenvalue weighted by atomic mass is 9.85. The van der Waals surface area contributed by atoms with Gasteiger partial charge in [-0.05, 0) is 48.9 Å². The van der Waals surface area contributed by atoms with Gasteiger partial charge in [0.2, 0.25) is 10.0 Å². The molecule has 25 heavy (non-hydrogen) atoms. The van der Waals surface area contributed by atoms with Crippen LogP contribution in [0.25, 0.3) is 0 Å². The molecule has 0 N–H and O–H groups in total. The molecule has 1 saturated heterocycles. The average molecular weight is 389 g/mol. The van der Waals surface area contributed by atoms with Crippen LogP contribution in [0.2, 0.25) is 0 Å². The number of hydrogen-bond acceptors (Lipinski definition) is 4. The summed E-state index contributed by atoms with van der Waals surface area (Å²) in [5.41, 5.74) is 2.68. The zero-order chi connectivity index (χ0) is 17.3. The Morgan fingerprint density at radius 1 is 1.32 bits per heavy atom. The van der Waals surface area contributed by atoms with E-state index >= 15 is 0 Å². The first-order valence-electron chi connectivity index (χ1n) is 8.83. The minimum atomic E-state index is -3.14. The predicted molar refractivity (Wildman–Crippen MR) is 103 cm³/mol. The average Bonchev–Trinajstić information content (AvgIpc) is 2.59. The van der Waals surface area contributed by atoms with Gasteiger partial charge in [0.15, 0.2) is 0 Å². The summed E-state index contributed by atoms with van der Waals surface area (Å²) in [5, 5.41) is 0. The number of hydrogen-bond donors (Lipinski definition) is 0. The monoisotopic (exact) mass is 388 g/mol. The van der Waals surface area contributed by atoms with Crippen molar-refractivity contribution in [3.63, 3.8) is 0 Å². The predicted octanol–water partition coefficient (Wildman–Crippen LogP) is 2.85. The summed E-state index contributed by atoms with van der Waals surface area (Å²) < 4.78 is 31.8. The number of sulfonamides is 1. The van der Waals surface area contributed by atoms with Gasteiger partial charge >= 0.3 is 0 Å². The maximum absolute atomic E-state index is 12.4. The third-order valence-electron chi connectivity index (χ3n) is 5.48. The Labute approximate surface area is 157 Å². The van der Waals surface area contributed by atoms with Crippen LogP contribution in [0.3, 0.4) is 0 Å². The van der Waals surface area contributed by atoms with Crippen LogP contribution in [0.4, 0.5) is 0 Å². The molecule has 0 amide bonds. The fourth-order valence-corrected chi connectivity index (χ4v) is 5.51. The molecule has 0 saturated carbocycles. The van der Waals surface area contributed by atoms with Crippen molar-refractivity contribution < 1.29 is 13.2 Å². The standard InChI is InChI=1S/C18H28N2O3S.ClH/c1-4-11-24(21,22)19(2)15-8-10-20-9-7-14-12-16(23-3)5-6-17(14)18(20)13-15;/h5-6,12,15,18H,4,7-11,13H2,1-3H3;1H. The largest absolute Gasteiger partial charge is 0.497 e. The molecule has 0 radical (unpaired) electrons. The Hall–Kier alpha value is -0.820. The van der Waals surface area contributed by atoms with E-state index in [4.69, 9.17) is 4.74 Å². The minimum Gasteiger partial charge on any atom is -0.497 e. The fraction of sp³-hybridized carbons (Fsp3) is 0.667. The highest BCUT2D eigenvalue weighted by molar-refractivity contribution is 7.89. The normalized spacial score (nSPS) is 23.5. The summed E-state index contributed by atoms with van der Waals surface area (Å²) in [5.74, 6) is 1.14. The number of fused-ring (bicyclic) bond motifs is 3. The van der Waals surface area contributed by atoms with Gasteiger partial charge < -0.3 is 4.74 Å². The van der Waals surface area contributed by atoms with Crippen molar-refractivity contribution in [1.82, 2.24) is 9.21 Å². The molecule has 1 aromatic rings. The number of halogens is 1. The smallest absolute Gasteiger partial charge is 0.214 e. The molecule has 0 aromatic heterocycles. The van der Waals surface area contributed by atoms with Crippen LogP contribution in [0.5, 0.6) is 5.75 Å². The number of rotatable bonds is 5. The van der Waals surface area contributed by atoms with E-state index in [1.807, 2.05) is 13.0 Å². The fourth-order valence-electron chi connectivity index (χ4n) is 4.06. The van der Waals surface area contributed by atoms with Crippen molar-refractivity contribution in [2.45, 2.75) is 44.7 Å². The lowest BCUT2D eigenvalue weighted by Crippen LogP contribution is -2.49. The molecule has 2 atom stereocenters. The molecule has 7 heteroatoms. The van der Waals surface area contributed by atoms with Gasteiger partial charge in [0.1, 0.15) is 5.75 Å². The van der Waals surface area contributed by atoms with Crippen LogP contribution in [0.1, 0.15) is 43.4 Å². The molecule has 0 bridgehead atoms. The van der Waals surface area contributed by atoms with Crippen LogP contribution in [-0.4, -0.2) is 56.7 Å². The number of benzene rings is 1. The summed E-state index contributed by atoms with van der Waals surface area (Å²) in [6, 6.07) is 6.72. The first kappa shape index (κ1) is 20.5. The molecule has 3 rings (SSSR count). The van der Waals surface area contributed by atoms with Crippen LogP contribution in [0.15, 0.2) is 18.2 Å². The van der Waals surface area contributed by atoms with Gasteiger partial charge in [-0.15, -0.1) is 12.4 Å². The van der Waals surface area contributed by atoms with Crippen LogP contribution >= 0.6 is 12.4 Å². The van der Waals surface area contributed by atoms with Crippen molar-refractivity contribution in [2.75, 3.05) is 33.0 Å². The second kappa shape index (κ2) is 8.25. The van der Waals surface area contributed by atoms with Crippen molar-refractivity contribution in [3.8, 4) is 5.75 Å². The van der Waals surface area contributed by atoms with E-state index in [9.17, 15) is 8.42 Å². The third-order valence-corrected chi connectivity index (χ3v) is 7.58. The van der Waals surface area contributed by atoms with Gasteiger partial charge in [0.05, 0.1) is 12.9 Å². The van der Waals surface area contributed by atoms with Crippen molar-refractivity contribution in [1.29, 1.82) is 0 Å². The van der Waals surface area contributed by atoms with Crippen LogP contribution < -0.4 is 4.74 Å². The van der Waals surface area contributed by atoms with E-state index in [1.54, 1.807) is 18.5 Å². The quantitative estimate of drug-likeness (QED) is 0.778. The Balaban J connectivity index is 0.00000225. The highest BCUT2D eigenvalue weighted by Crippen LogP contribution is 2.39. The highest BCUT2D eigenvalue weighted by Gasteiger charge is 2.37. The molecular formula is C18H29ClN2O3S. The molecule has 5 nitrogen and oxygen atoms in total. The second-order valence-electron chi connectivity index (χ2n) is 6.88. The minimum absolute atomic E-state index is 0. The molecule has 1 fully saturated rings. The Morgan fingerprint density at radius 3 is 2.76 bits per heavy atom. The number of methoxy groups -OCH3 is 1. The Morgan fingerprint density at radius 2 is 2.08 bits per heavy atom. The first-order chi connectivity index (χ1) is 11.5. The molecule has 142 valence electrons. The van der Waals surface area contributed by atoms with Gasteiger partial charge in [0, 0.05) is 32.2 Å². The molecule has 2 unspecified atom stereocenters. The van der Waals surface area contributed by atoms with E-state index in [2.05, 4.69) is 17.0 Å². The SMILES string of the molecule is CCCS(=O)(=O)N(C)C1CCN2CCc3cc(OC)ccc3C2C1.Cl. The molecule has 2 aliphatic rings. The Kier molecular flexibility index (Phi) is 6.76. The molecule has 1 aromatic carbocycles. The molecule has 2 heterocycles. The molecule has 2 aliphatic heterocycles. The summed E-state index contributed by atoms with van der Waals surface area (Å²) >= 11 is 0. The second-order valence-corrected chi connectivity index (χ2v) is 9.02. The lowest BCUT2D eigenvalue weighted by Gasteiger charge is -2.45. The summed E-state index contributed by atoms with van der Waals surface area (Å²) in [6.07, 6.45) is 3.50. The zero-order valence-corrected chi connectivity index (χ0v) is 16.9. The maximum Gasteiger partial charge on any atom is 0.214 e. The van der Waals surface area contributed by atoms with E-state index < -0.39 is 10.0 Å². The van der Waals surface area contributed by atoms with E-state index in [0.29, 0.717) is 12.5 Å². The van der Waals surface area contributed by atoms with Crippen molar-refractivity contribution in [2.24, 2.45) is 0 Å². The maximum atomic E-state index is 12.4. The van der Waals surface area contributed by atoms with E-state index in [0.717, 1.165) is 38.1 Å². The van der Waals surface area contributed by atoms with E-state index in [-0.39, 0.29) is 24.2 Å². The van der Waals surface area contributed by atoms with Gasteiger partial charge in [-0.25, -0.2) is 12.7 Å². The highest BCUT2D eigenvalue weighted by atomic mass is 35.5. The molecule has 0 aliphatic carbocycles. The van der Waals surface area contributed by atoms with Crippen molar-refractivity contribution >= 4 is 22.4 Å². The van der Waals surface area contributed by atoms with E-state index in [1.165, 1.54) is 11.1 Å². The number of ether oxygens (including phenoxy) is 1. The van der Waals surface area contributed by atoms with Crippen molar-refractivity contribution in [3.05, 3.63) is 29.3 Å². The summed E-state index contributed by atoms with van der Waals surface area (Å²) in [6.45, 7) is 3.93. The molecule has 0 spiro atoms. The number of piperidine rings is 1. The van der Waals surface area contributed by atoms with Crippen LogP contribution in [0, 0.1) is 0 Å². The number of nitrogens with zero attached hydrogens (tertiary/aromatic N) is 2. The zero-order valence-electron chi connectivity index (χ0n) is 15.3. The third kappa shape index (κ3) is 4.13. The lowest BCUT2D eigenvalue weighted by molar-refractivity contribution is 0.0969. The van der Waals surface area contributed by atoms with Gasteiger partial charge in [-0.2, -0.15) is 0 Å². The van der Waals surface area contributed by atoms with Crippen LogP contribution in [-0.2, 0) is 16.4 Å². The van der Waals surface area contributed by atoms with Gasteiger partial charge in [-0.1, -0.05) is 13.0 Å². The van der Waals surface area contributed by atoms with Gasteiger partial charge in [0.25, 0.3) is 0 Å². The Bertz CT molecular complexity index is 696. The first-order valence-corrected chi connectivity index (χ1v) is 10.4. The van der Waals surface area contributed by atoms with Gasteiger partial charge in [-0.3, -0.25) is 4.90 Å². The molecular weight excluding hydrogens is 360 g/mol. The summed E-state index contributed by atoms with van der Waals surface area (Å²) in [4.78, 5) is 2.51.